The van der Waals surface area contributed by atoms with Crippen molar-refractivity contribution < 1.29 is 9.84 Å². The third kappa shape index (κ3) is 2.24. The van der Waals surface area contributed by atoms with Crippen molar-refractivity contribution in [3.8, 4) is 12.3 Å². The Morgan fingerprint density at radius 1 is 1.44 bits per heavy atom. The monoisotopic (exact) mass is 225 g/mol. The van der Waals surface area contributed by atoms with E-state index in [0.717, 1.165) is 6.42 Å². The second kappa shape index (κ2) is 4.75. The number of ether oxygens (including phenoxy) is 1. The van der Waals surface area contributed by atoms with E-state index in [4.69, 9.17) is 16.9 Å². The minimum absolute atomic E-state index is 0.145. The van der Waals surface area contributed by atoms with Crippen molar-refractivity contribution in [2.45, 2.75) is 58.0 Å². The minimum Gasteiger partial charge on any atom is -0.373 e. The number of hydrogen-bond donors (Lipinski definition) is 2. The van der Waals surface area contributed by atoms with Crippen LogP contribution in [0.4, 0.5) is 0 Å². The molecule has 16 heavy (non-hydrogen) atoms. The Morgan fingerprint density at radius 2 is 2.00 bits per heavy atom. The van der Waals surface area contributed by atoms with Gasteiger partial charge in [-0.1, -0.05) is 33.6 Å². The molecule has 4 atom stereocenters. The van der Waals surface area contributed by atoms with Crippen LogP contribution in [0.5, 0.6) is 0 Å². The van der Waals surface area contributed by atoms with Gasteiger partial charge in [0.25, 0.3) is 0 Å². The van der Waals surface area contributed by atoms with E-state index in [1.165, 1.54) is 0 Å². The van der Waals surface area contributed by atoms with Crippen LogP contribution in [0, 0.1) is 24.2 Å². The van der Waals surface area contributed by atoms with Crippen LogP contribution in [0.15, 0.2) is 0 Å². The molecular formula is C13H23NO2. The summed E-state index contributed by atoms with van der Waals surface area (Å²) < 4.78 is 5.83. The Kier molecular flexibility index (Phi) is 4.01. The van der Waals surface area contributed by atoms with E-state index in [9.17, 15) is 5.11 Å². The van der Waals surface area contributed by atoms with Gasteiger partial charge in [-0.05, 0) is 18.3 Å². The Labute approximate surface area is 98.4 Å². The lowest BCUT2D eigenvalue weighted by Gasteiger charge is -2.28. The van der Waals surface area contributed by atoms with Gasteiger partial charge >= 0.3 is 0 Å². The van der Waals surface area contributed by atoms with Crippen LogP contribution in [-0.4, -0.2) is 29.0 Å². The highest BCUT2D eigenvalue weighted by atomic mass is 16.5. The molecule has 0 radical (unpaired) electrons. The second-order valence-corrected chi connectivity index (χ2v) is 5.46. The topological polar surface area (TPSA) is 55.5 Å². The third-order valence-electron chi connectivity index (χ3n) is 3.20. The highest BCUT2D eigenvalue weighted by molar-refractivity contribution is 5.22. The van der Waals surface area contributed by atoms with Gasteiger partial charge in [0.1, 0.15) is 6.10 Å². The van der Waals surface area contributed by atoms with Crippen LogP contribution < -0.4 is 5.73 Å². The molecule has 0 amide bonds. The fourth-order valence-corrected chi connectivity index (χ4v) is 2.36. The van der Waals surface area contributed by atoms with Crippen LogP contribution in [0.25, 0.3) is 0 Å². The summed E-state index contributed by atoms with van der Waals surface area (Å²) in [5.41, 5.74) is 4.70. The van der Waals surface area contributed by atoms with E-state index in [2.05, 4.69) is 19.8 Å². The van der Waals surface area contributed by atoms with Crippen molar-refractivity contribution in [1.29, 1.82) is 0 Å². The average molecular weight is 225 g/mol. The van der Waals surface area contributed by atoms with Crippen LogP contribution in [0.2, 0.25) is 0 Å². The lowest BCUT2D eigenvalue weighted by molar-refractivity contribution is -0.0458. The molecule has 0 unspecified atom stereocenters. The molecule has 0 saturated carbocycles. The third-order valence-corrected chi connectivity index (χ3v) is 3.20. The van der Waals surface area contributed by atoms with Crippen LogP contribution in [0.1, 0.15) is 34.1 Å². The molecule has 1 aliphatic heterocycles. The molecule has 0 aromatic carbocycles. The van der Waals surface area contributed by atoms with Gasteiger partial charge in [0, 0.05) is 0 Å². The maximum atomic E-state index is 10.4. The quantitative estimate of drug-likeness (QED) is 0.708. The highest BCUT2D eigenvalue weighted by Gasteiger charge is 2.53. The van der Waals surface area contributed by atoms with Crippen molar-refractivity contribution in [1.82, 2.24) is 0 Å². The second-order valence-electron chi connectivity index (χ2n) is 5.46. The van der Waals surface area contributed by atoms with Gasteiger partial charge in [0.15, 0.2) is 5.60 Å². The van der Waals surface area contributed by atoms with Crippen molar-refractivity contribution in [3.63, 3.8) is 0 Å². The average Bonchev–Trinajstić information content (AvgIpc) is 2.43. The predicted molar refractivity (Wildman–Crippen MR) is 64.7 cm³/mol. The molecule has 3 heteroatoms. The van der Waals surface area contributed by atoms with Gasteiger partial charge in [0.05, 0.1) is 12.1 Å². The fourth-order valence-electron chi connectivity index (χ4n) is 2.36. The molecule has 0 aliphatic carbocycles. The van der Waals surface area contributed by atoms with Gasteiger partial charge in [-0.15, -0.1) is 6.42 Å². The van der Waals surface area contributed by atoms with Crippen molar-refractivity contribution in [2.24, 2.45) is 17.6 Å². The first-order valence-electron chi connectivity index (χ1n) is 5.94. The van der Waals surface area contributed by atoms with E-state index in [1.807, 2.05) is 13.8 Å². The molecule has 3 nitrogen and oxygen atoms in total. The molecule has 92 valence electrons. The summed E-state index contributed by atoms with van der Waals surface area (Å²) >= 11 is 0. The molecule has 1 heterocycles. The van der Waals surface area contributed by atoms with Crippen molar-refractivity contribution >= 4 is 0 Å². The number of nitrogens with two attached hydrogens (primary N) is 1. The lowest BCUT2D eigenvalue weighted by Crippen LogP contribution is -2.53. The Balaban J connectivity index is 2.88. The van der Waals surface area contributed by atoms with E-state index >= 15 is 0 Å². The van der Waals surface area contributed by atoms with Gasteiger partial charge in [-0.2, -0.15) is 0 Å². The van der Waals surface area contributed by atoms with E-state index in [-0.39, 0.29) is 18.1 Å². The molecule has 1 aliphatic rings. The molecule has 0 aromatic heterocycles. The molecule has 0 spiro atoms. The summed E-state index contributed by atoms with van der Waals surface area (Å²) in [7, 11) is 0. The smallest absolute Gasteiger partial charge is 0.168 e. The van der Waals surface area contributed by atoms with Gasteiger partial charge in [0.2, 0.25) is 0 Å². The number of rotatable bonds is 3. The van der Waals surface area contributed by atoms with E-state index in [0.29, 0.717) is 5.92 Å². The van der Waals surface area contributed by atoms with Gasteiger partial charge in [-0.3, -0.25) is 0 Å². The van der Waals surface area contributed by atoms with Crippen LogP contribution >= 0.6 is 0 Å². The zero-order valence-electron chi connectivity index (χ0n) is 10.6. The molecule has 3 N–H and O–H groups in total. The zero-order chi connectivity index (χ0) is 12.5. The minimum atomic E-state index is -1.33. The normalized spacial score (nSPS) is 39.3. The Bertz CT molecular complexity index is 282. The summed E-state index contributed by atoms with van der Waals surface area (Å²) in [6.45, 7) is 8.18. The fraction of sp³-hybridized carbons (Fsp3) is 0.846. The number of aliphatic hydroxyl groups is 1. The first kappa shape index (κ1) is 13.5. The highest BCUT2D eigenvalue weighted by Crippen LogP contribution is 2.36. The molecule has 1 saturated heterocycles. The molecular weight excluding hydrogens is 202 g/mol. The number of terminal acetylenes is 1. The Morgan fingerprint density at radius 3 is 2.31 bits per heavy atom. The van der Waals surface area contributed by atoms with E-state index in [1.54, 1.807) is 0 Å². The van der Waals surface area contributed by atoms with Crippen molar-refractivity contribution in [3.05, 3.63) is 0 Å². The maximum Gasteiger partial charge on any atom is 0.168 e. The van der Waals surface area contributed by atoms with Gasteiger partial charge < -0.3 is 15.6 Å². The standard InChI is InChI=1S/C13H23NO2/c1-6-13(15)11(14)10(7-8(2)3)16-12(13)9(4)5/h1,8-12,15H,7,14H2,2-5H3/t10-,11-,12+,13-/m1/s1. The molecule has 1 fully saturated rings. The summed E-state index contributed by atoms with van der Waals surface area (Å²) in [5.74, 6) is 3.06. The molecule has 0 bridgehead atoms. The largest absolute Gasteiger partial charge is 0.373 e. The van der Waals surface area contributed by atoms with Crippen LogP contribution in [0.3, 0.4) is 0 Å². The summed E-state index contributed by atoms with van der Waals surface area (Å²) in [4.78, 5) is 0. The lowest BCUT2D eigenvalue weighted by atomic mass is 9.83. The first-order valence-corrected chi connectivity index (χ1v) is 5.94. The van der Waals surface area contributed by atoms with Crippen molar-refractivity contribution in [2.75, 3.05) is 0 Å². The predicted octanol–water partition coefficient (Wildman–Crippen LogP) is 1.15. The summed E-state index contributed by atoms with van der Waals surface area (Å²) in [6.07, 6.45) is 5.74. The SMILES string of the molecule is C#C[C@@]1(O)[C@H](N)[C@@H](CC(C)C)O[C@H]1C(C)C. The molecule has 0 aromatic rings. The zero-order valence-corrected chi connectivity index (χ0v) is 10.6. The first-order chi connectivity index (χ1) is 7.32. The summed E-state index contributed by atoms with van der Waals surface area (Å²) in [6, 6.07) is -0.493. The van der Waals surface area contributed by atoms with E-state index < -0.39 is 11.6 Å². The Hall–Kier alpha value is -0.560. The maximum absolute atomic E-state index is 10.4. The van der Waals surface area contributed by atoms with Crippen LogP contribution in [-0.2, 0) is 4.74 Å². The number of hydrogen-bond acceptors (Lipinski definition) is 3. The summed E-state index contributed by atoms with van der Waals surface area (Å²) in [5, 5.41) is 10.4. The van der Waals surface area contributed by atoms with Gasteiger partial charge in [-0.25, -0.2) is 0 Å². The molecule has 1 rings (SSSR count).